The summed E-state index contributed by atoms with van der Waals surface area (Å²) in [7, 11) is 0. The molecule has 1 radical (unpaired) electrons. The molecule has 8 N–H and O–H groups in total. The molecule has 0 aliphatic carbocycles. The summed E-state index contributed by atoms with van der Waals surface area (Å²) < 4.78 is 16.1. The fraction of sp³-hybridized carbons (Fsp3) is 0.286. The number of aliphatic hydroxyl groups is 4. The first kappa shape index (κ1) is 25.7. The van der Waals surface area contributed by atoms with E-state index < -0.39 is 60.0 Å². The molecule has 1 aromatic heterocycles. The maximum Gasteiger partial charge on any atom is 0.238 e. The summed E-state index contributed by atoms with van der Waals surface area (Å²) in [5.74, 6) is -2.97. The number of benzene rings is 2. The van der Waals surface area contributed by atoms with Gasteiger partial charge in [0.25, 0.3) is 0 Å². The number of ether oxygens (including phenoxy) is 2. The van der Waals surface area contributed by atoms with E-state index in [4.69, 9.17) is 13.9 Å². The average Bonchev–Trinajstić information content (AvgIpc) is 2.77. The Balaban J connectivity index is 0.00000324. The molecule has 3 aromatic rings. The van der Waals surface area contributed by atoms with E-state index in [9.17, 15) is 45.6 Å². The molecule has 5 atom stereocenters. The Morgan fingerprint density at radius 3 is 2.26 bits per heavy atom. The van der Waals surface area contributed by atoms with Crippen molar-refractivity contribution in [2.75, 3.05) is 6.61 Å². The topological polar surface area (TPSA) is 211 Å². The van der Waals surface area contributed by atoms with Crippen LogP contribution in [0.4, 0.5) is 0 Å². The third kappa shape index (κ3) is 4.40. The fourth-order valence-corrected chi connectivity index (χ4v) is 3.52. The van der Waals surface area contributed by atoms with Crippen molar-refractivity contribution >= 4 is 11.0 Å². The van der Waals surface area contributed by atoms with Gasteiger partial charge in [-0.3, -0.25) is 4.79 Å². The molecule has 13 heteroatoms. The van der Waals surface area contributed by atoms with Gasteiger partial charge in [0.1, 0.15) is 46.9 Å². The quantitative estimate of drug-likeness (QED) is 0.220. The van der Waals surface area contributed by atoms with E-state index >= 15 is 0 Å². The Labute approximate surface area is 202 Å². The summed E-state index contributed by atoms with van der Waals surface area (Å²) in [5.41, 5.74) is -1.16. The van der Waals surface area contributed by atoms with Crippen LogP contribution in [-0.4, -0.2) is 78.2 Å². The van der Waals surface area contributed by atoms with Crippen LogP contribution in [-0.2, 0) is 23.3 Å². The summed E-state index contributed by atoms with van der Waals surface area (Å²) in [4.78, 5) is 12.5. The maximum absolute atomic E-state index is 12.5. The second kappa shape index (κ2) is 9.72. The SMILES string of the molecule is O=c1c(O)c(-c2ccc(OC3OC(CO)C(O)C(O)C3O)c(O)c2)oc2cc(O)cc(O)c12.[V]. The summed E-state index contributed by atoms with van der Waals surface area (Å²) in [6.45, 7) is -0.666. The number of phenols is 3. The monoisotopic (exact) mass is 515 g/mol. The molecular weight excluding hydrogens is 495 g/mol. The average molecular weight is 515 g/mol. The van der Waals surface area contributed by atoms with Gasteiger partial charge in [0.15, 0.2) is 17.3 Å². The Morgan fingerprint density at radius 2 is 1.62 bits per heavy atom. The van der Waals surface area contributed by atoms with Crippen LogP contribution in [0.1, 0.15) is 0 Å². The van der Waals surface area contributed by atoms with Crippen molar-refractivity contribution in [3.63, 3.8) is 0 Å². The Hall–Kier alpha value is -2.97. The van der Waals surface area contributed by atoms with Gasteiger partial charge in [-0.05, 0) is 18.2 Å². The maximum atomic E-state index is 12.5. The van der Waals surface area contributed by atoms with Crippen molar-refractivity contribution in [3.05, 3.63) is 40.6 Å². The second-order valence-electron chi connectivity index (χ2n) is 7.44. The Bertz CT molecular complexity index is 1260. The van der Waals surface area contributed by atoms with Crippen LogP contribution in [0.3, 0.4) is 0 Å². The molecule has 0 saturated carbocycles. The first-order valence-electron chi connectivity index (χ1n) is 9.64. The molecule has 12 nitrogen and oxygen atoms in total. The van der Waals surface area contributed by atoms with Crippen molar-refractivity contribution in [2.45, 2.75) is 30.7 Å². The molecule has 181 valence electrons. The smallest absolute Gasteiger partial charge is 0.238 e. The van der Waals surface area contributed by atoms with Crippen LogP contribution in [0.15, 0.2) is 39.5 Å². The number of hydrogen-bond donors (Lipinski definition) is 8. The molecule has 4 rings (SSSR count). The van der Waals surface area contributed by atoms with E-state index in [1.165, 1.54) is 12.1 Å². The van der Waals surface area contributed by atoms with E-state index in [1.54, 1.807) is 0 Å². The molecule has 0 bridgehead atoms. The zero-order chi connectivity index (χ0) is 24.0. The standard InChI is InChI=1S/C21H20O12.V/c22-6-13-15(26)17(28)19(30)21(33-13)32-11-2-1-7(3-9(11)24)20-18(29)16(27)14-10(25)4-8(23)5-12(14)31-20;/h1-5,13,15,17,19,21-26,28-30H,6H2;. The van der Waals surface area contributed by atoms with E-state index in [0.29, 0.717) is 0 Å². The first-order chi connectivity index (χ1) is 15.6. The normalized spacial score (nSPS) is 24.5. The molecule has 1 aliphatic rings. The minimum Gasteiger partial charge on any atom is -0.508 e. The molecule has 34 heavy (non-hydrogen) atoms. The molecule has 1 saturated heterocycles. The van der Waals surface area contributed by atoms with Crippen molar-refractivity contribution in [2.24, 2.45) is 0 Å². The van der Waals surface area contributed by atoms with Crippen molar-refractivity contribution < 1.29 is 73.3 Å². The zero-order valence-electron chi connectivity index (χ0n) is 17.1. The van der Waals surface area contributed by atoms with Crippen LogP contribution in [0.2, 0.25) is 0 Å². The molecule has 5 unspecified atom stereocenters. The molecule has 2 aromatic carbocycles. The summed E-state index contributed by atoms with van der Waals surface area (Å²) >= 11 is 0. The number of aromatic hydroxyl groups is 4. The molecule has 0 amide bonds. The number of rotatable bonds is 4. The summed E-state index contributed by atoms with van der Waals surface area (Å²) in [5, 5.41) is 78.8. The van der Waals surface area contributed by atoms with Crippen molar-refractivity contribution in [1.82, 2.24) is 0 Å². The van der Waals surface area contributed by atoms with Crippen molar-refractivity contribution in [1.29, 1.82) is 0 Å². The molecule has 1 fully saturated rings. The van der Waals surface area contributed by atoms with Gasteiger partial charge in [0, 0.05) is 36.3 Å². The first-order valence-corrected chi connectivity index (χ1v) is 9.64. The molecule has 0 spiro atoms. The van der Waals surface area contributed by atoms with Gasteiger partial charge in [-0.1, -0.05) is 0 Å². The van der Waals surface area contributed by atoms with Crippen molar-refractivity contribution in [3.8, 4) is 40.1 Å². The van der Waals surface area contributed by atoms with Crippen LogP contribution < -0.4 is 10.2 Å². The third-order valence-corrected chi connectivity index (χ3v) is 5.25. The van der Waals surface area contributed by atoms with Gasteiger partial charge in [0.05, 0.1) is 6.61 Å². The van der Waals surface area contributed by atoms with E-state index in [1.807, 2.05) is 0 Å². The number of hydrogen-bond acceptors (Lipinski definition) is 12. The van der Waals surface area contributed by atoms with Gasteiger partial charge in [-0.25, -0.2) is 0 Å². The number of aliphatic hydroxyl groups excluding tert-OH is 4. The van der Waals surface area contributed by atoms with E-state index in [0.717, 1.165) is 18.2 Å². The zero-order valence-corrected chi connectivity index (χ0v) is 18.5. The molecule has 1 aliphatic heterocycles. The van der Waals surface area contributed by atoms with Gasteiger partial charge < -0.3 is 54.7 Å². The van der Waals surface area contributed by atoms with E-state index in [-0.39, 0.29) is 52.3 Å². The molecule has 2 heterocycles. The summed E-state index contributed by atoms with van der Waals surface area (Å²) in [6.07, 6.45) is -7.73. The Kier molecular flexibility index (Phi) is 7.33. The van der Waals surface area contributed by atoms with Crippen LogP contribution in [0.25, 0.3) is 22.3 Å². The Morgan fingerprint density at radius 1 is 0.912 bits per heavy atom. The van der Waals surface area contributed by atoms with Crippen LogP contribution in [0, 0.1) is 0 Å². The number of fused-ring (bicyclic) bond motifs is 1. The van der Waals surface area contributed by atoms with Gasteiger partial charge in [-0.2, -0.15) is 0 Å². The van der Waals surface area contributed by atoms with Crippen LogP contribution in [0.5, 0.6) is 28.7 Å². The van der Waals surface area contributed by atoms with Gasteiger partial charge >= 0.3 is 0 Å². The predicted octanol–water partition coefficient (Wildman–Crippen LogP) is -0.541. The van der Waals surface area contributed by atoms with Crippen LogP contribution >= 0.6 is 0 Å². The number of phenolic OH excluding ortho intramolecular Hbond substituents is 3. The fourth-order valence-electron chi connectivity index (χ4n) is 3.52. The minimum absolute atomic E-state index is 0. The van der Waals surface area contributed by atoms with E-state index in [2.05, 4.69) is 0 Å². The third-order valence-electron chi connectivity index (χ3n) is 5.25. The predicted molar refractivity (Wildman–Crippen MR) is 109 cm³/mol. The van der Waals surface area contributed by atoms with Gasteiger partial charge in [0.2, 0.25) is 17.5 Å². The second-order valence-corrected chi connectivity index (χ2v) is 7.44. The summed E-state index contributed by atoms with van der Waals surface area (Å²) in [6, 6.07) is 5.51. The minimum atomic E-state index is -1.70. The van der Waals surface area contributed by atoms with Gasteiger partial charge in [-0.15, -0.1) is 0 Å². The molecular formula is C21H20O12V. The largest absolute Gasteiger partial charge is 0.508 e.